The number of urea groups is 1. The van der Waals surface area contributed by atoms with E-state index >= 15 is 0 Å². The zero-order valence-corrected chi connectivity index (χ0v) is 12.0. The molecule has 2 aromatic carbocycles. The fraction of sp³-hybridized carbons (Fsp3) is 0.176. The van der Waals surface area contributed by atoms with E-state index in [0.717, 1.165) is 5.56 Å². The molecule has 0 saturated heterocycles. The van der Waals surface area contributed by atoms with Crippen molar-refractivity contribution >= 4 is 11.7 Å². The summed E-state index contributed by atoms with van der Waals surface area (Å²) in [5.74, 6) is 0. The number of hydrogen-bond donors (Lipinski definition) is 3. The van der Waals surface area contributed by atoms with E-state index < -0.39 is 0 Å². The van der Waals surface area contributed by atoms with Crippen LogP contribution in [0.2, 0.25) is 0 Å². The van der Waals surface area contributed by atoms with Gasteiger partial charge in [-0.25, -0.2) is 4.79 Å². The van der Waals surface area contributed by atoms with E-state index in [1.165, 1.54) is 0 Å². The molecule has 0 aliphatic carbocycles. The molecule has 0 saturated carbocycles. The number of nitrogens with zero attached hydrogens (tertiary/aromatic N) is 1. The zero-order valence-electron chi connectivity index (χ0n) is 12.0. The third-order valence-corrected chi connectivity index (χ3v) is 3.15. The number of aliphatic hydroxyl groups excluding tert-OH is 1. The van der Waals surface area contributed by atoms with E-state index in [0.29, 0.717) is 17.7 Å². The number of nitrogens with one attached hydrogen (secondary N) is 2. The first-order chi connectivity index (χ1) is 10.7. The molecule has 1 unspecified atom stereocenters. The fourth-order valence-electron chi connectivity index (χ4n) is 2.04. The predicted octanol–water partition coefficient (Wildman–Crippen LogP) is 2.28. The van der Waals surface area contributed by atoms with Gasteiger partial charge in [-0.3, -0.25) is 0 Å². The second kappa shape index (κ2) is 7.81. The summed E-state index contributed by atoms with van der Waals surface area (Å²) >= 11 is 0. The number of nitriles is 1. The molecule has 0 heterocycles. The minimum atomic E-state index is -0.389. The van der Waals surface area contributed by atoms with E-state index in [9.17, 15) is 9.90 Å². The van der Waals surface area contributed by atoms with Gasteiger partial charge in [0.2, 0.25) is 0 Å². The Kier molecular flexibility index (Phi) is 5.52. The van der Waals surface area contributed by atoms with Gasteiger partial charge in [-0.1, -0.05) is 30.3 Å². The van der Waals surface area contributed by atoms with Crippen LogP contribution < -0.4 is 10.6 Å². The summed E-state index contributed by atoms with van der Waals surface area (Å²) in [6.07, 6.45) is 0.554. The maximum Gasteiger partial charge on any atom is 0.319 e. The summed E-state index contributed by atoms with van der Waals surface area (Å²) in [6.45, 7) is -0.143. The minimum absolute atomic E-state index is 0.143. The molecule has 0 spiro atoms. The Morgan fingerprint density at radius 3 is 2.41 bits per heavy atom. The maximum atomic E-state index is 11.9. The molecular formula is C17H17N3O2. The summed E-state index contributed by atoms with van der Waals surface area (Å²) in [4.78, 5) is 11.9. The molecule has 0 aliphatic rings. The van der Waals surface area contributed by atoms with Crippen molar-refractivity contribution in [3.8, 4) is 6.07 Å². The van der Waals surface area contributed by atoms with Crippen molar-refractivity contribution in [3.05, 3.63) is 65.7 Å². The van der Waals surface area contributed by atoms with Crippen LogP contribution in [0.5, 0.6) is 0 Å². The van der Waals surface area contributed by atoms with Crippen LogP contribution in [-0.2, 0) is 6.42 Å². The van der Waals surface area contributed by atoms with Gasteiger partial charge in [0, 0.05) is 5.69 Å². The smallest absolute Gasteiger partial charge is 0.319 e. The van der Waals surface area contributed by atoms with Crippen LogP contribution in [0.3, 0.4) is 0 Å². The predicted molar refractivity (Wildman–Crippen MR) is 84.3 cm³/mol. The Labute approximate surface area is 129 Å². The lowest BCUT2D eigenvalue weighted by atomic mass is 10.1. The second-order valence-corrected chi connectivity index (χ2v) is 4.86. The van der Waals surface area contributed by atoms with Crippen molar-refractivity contribution < 1.29 is 9.90 Å². The molecule has 1 atom stereocenters. The standard InChI is InChI=1S/C17H17N3O2/c18-11-14-6-8-15(9-7-14)19-17(22)20-16(12-21)10-13-4-2-1-3-5-13/h1-9,16,21H,10,12H2,(H2,19,20,22). The van der Waals surface area contributed by atoms with Crippen LogP contribution in [0.1, 0.15) is 11.1 Å². The third kappa shape index (κ3) is 4.62. The summed E-state index contributed by atoms with van der Waals surface area (Å²) in [6, 6.07) is 17.5. The Hall–Kier alpha value is -2.84. The molecule has 0 bridgehead atoms. The summed E-state index contributed by atoms with van der Waals surface area (Å²) in [7, 11) is 0. The van der Waals surface area contributed by atoms with Crippen molar-refractivity contribution in [2.75, 3.05) is 11.9 Å². The van der Waals surface area contributed by atoms with Gasteiger partial charge in [0.1, 0.15) is 0 Å². The van der Waals surface area contributed by atoms with Gasteiger partial charge in [-0.05, 0) is 36.2 Å². The van der Waals surface area contributed by atoms with Gasteiger partial charge < -0.3 is 15.7 Å². The first kappa shape index (κ1) is 15.5. The molecule has 2 rings (SSSR count). The van der Waals surface area contributed by atoms with E-state index in [-0.39, 0.29) is 18.7 Å². The zero-order chi connectivity index (χ0) is 15.8. The number of aliphatic hydroxyl groups is 1. The highest BCUT2D eigenvalue weighted by Crippen LogP contribution is 2.09. The van der Waals surface area contributed by atoms with Crippen LogP contribution in [0.25, 0.3) is 0 Å². The molecule has 2 aromatic rings. The lowest BCUT2D eigenvalue weighted by molar-refractivity contribution is 0.224. The van der Waals surface area contributed by atoms with Gasteiger partial charge in [0.15, 0.2) is 0 Å². The van der Waals surface area contributed by atoms with Gasteiger partial charge in [0.25, 0.3) is 0 Å². The molecule has 2 amide bonds. The SMILES string of the molecule is N#Cc1ccc(NC(=O)NC(CO)Cc2ccccc2)cc1. The largest absolute Gasteiger partial charge is 0.394 e. The number of anilines is 1. The third-order valence-electron chi connectivity index (χ3n) is 3.15. The average Bonchev–Trinajstić information content (AvgIpc) is 2.56. The molecule has 5 nitrogen and oxygen atoms in total. The minimum Gasteiger partial charge on any atom is -0.394 e. The number of amides is 2. The van der Waals surface area contributed by atoms with Gasteiger partial charge in [0.05, 0.1) is 24.3 Å². The van der Waals surface area contributed by atoms with Gasteiger partial charge in [-0.15, -0.1) is 0 Å². The number of hydrogen-bond acceptors (Lipinski definition) is 3. The Morgan fingerprint density at radius 1 is 1.14 bits per heavy atom. The average molecular weight is 295 g/mol. The number of rotatable bonds is 5. The molecule has 3 N–H and O–H groups in total. The monoisotopic (exact) mass is 295 g/mol. The van der Waals surface area contributed by atoms with Crippen LogP contribution in [0.4, 0.5) is 10.5 Å². The van der Waals surface area contributed by atoms with E-state index in [4.69, 9.17) is 5.26 Å². The number of carbonyl (C=O) groups is 1. The van der Waals surface area contributed by atoms with E-state index in [1.807, 2.05) is 36.4 Å². The molecule has 0 aliphatic heterocycles. The van der Waals surface area contributed by atoms with Crippen molar-refractivity contribution in [1.29, 1.82) is 5.26 Å². The first-order valence-corrected chi connectivity index (χ1v) is 6.93. The highest BCUT2D eigenvalue weighted by Gasteiger charge is 2.12. The van der Waals surface area contributed by atoms with E-state index in [1.54, 1.807) is 24.3 Å². The molecule has 0 radical (unpaired) electrons. The summed E-state index contributed by atoms with van der Waals surface area (Å²) in [5.41, 5.74) is 2.16. The second-order valence-electron chi connectivity index (χ2n) is 4.86. The van der Waals surface area contributed by atoms with Crippen LogP contribution in [0, 0.1) is 11.3 Å². The highest BCUT2D eigenvalue weighted by atomic mass is 16.3. The van der Waals surface area contributed by atoms with Crippen molar-refractivity contribution in [1.82, 2.24) is 5.32 Å². The van der Waals surface area contributed by atoms with Crippen LogP contribution in [0.15, 0.2) is 54.6 Å². The lowest BCUT2D eigenvalue weighted by Gasteiger charge is -2.17. The maximum absolute atomic E-state index is 11.9. The van der Waals surface area contributed by atoms with Crippen LogP contribution >= 0.6 is 0 Å². The molecule has 5 heteroatoms. The molecule has 22 heavy (non-hydrogen) atoms. The van der Waals surface area contributed by atoms with E-state index in [2.05, 4.69) is 10.6 Å². The first-order valence-electron chi connectivity index (χ1n) is 6.93. The van der Waals surface area contributed by atoms with Crippen molar-refractivity contribution in [2.24, 2.45) is 0 Å². The Morgan fingerprint density at radius 2 is 1.82 bits per heavy atom. The molecule has 0 fully saturated rings. The fourth-order valence-corrected chi connectivity index (χ4v) is 2.04. The highest BCUT2D eigenvalue weighted by molar-refractivity contribution is 5.89. The lowest BCUT2D eigenvalue weighted by Crippen LogP contribution is -2.41. The summed E-state index contributed by atoms with van der Waals surface area (Å²) < 4.78 is 0. The van der Waals surface area contributed by atoms with Gasteiger partial charge >= 0.3 is 6.03 Å². The normalized spacial score (nSPS) is 11.3. The number of benzene rings is 2. The van der Waals surface area contributed by atoms with Crippen molar-refractivity contribution in [2.45, 2.75) is 12.5 Å². The topological polar surface area (TPSA) is 85.2 Å². The summed E-state index contributed by atoms with van der Waals surface area (Å²) in [5, 5.41) is 23.5. The Balaban J connectivity index is 1.90. The molecule has 112 valence electrons. The molecular weight excluding hydrogens is 278 g/mol. The Bertz CT molecular complexity index is 648. The van der Waals surface area contributed by atoms with Gasteiger partial charge in [-0.2, -0.15) is 5.26 Å². The van der Waals surface area contributed by atoms with Crippen LogP contribution in [-0.4, -0.2) is 23.8 Å². The van der Waals surface area contributed by atoms with Crippen molar-refractivity contribution in [3.63, 3.8) is 0 Å². The molecule has 0 aromatic heterocycles. The number of carbonyl (C=O) groups excluding carboxylic acids is 1. The quantitative estimate of drug-likeness (QED) is 0.791.